The van der Waals surface area contributed by atoms with E-state index in [0.717, 1.165) is 31.4 Å². The lowest BCUT2D eigenvalue weighted by Gasteiger charge is -2.06. The molecule has 1 saturated carbocycles. The van der Waals surface area contributed by atoms with Gasteiger partial charge in [0.25, 0.3) is 0 Å². The quantitative estimate of drug-likeness (QED) is 0.632. The van der Waals surface area contributed by atoms with Crippen molar-refractivity contribution in [3.8, 4) is 0 Å². The fourth-order valence-electron chi connectivity index (χ4n) is 1.67. The first-order valence-corrected chi connectivity index (χ1v) is 6.78. The predicted molar refractivity (Wildman–Crippen MR) is 73.0 cm³/mol. The molecule has 2 rings (SSSR count). The number of hydrogen-bond acceptors (Lipinski definition) is 3. The van der Waals surface area contributed by atoms with Crippen molar-refractivity contribution in [1.29, 1.82) is 0 Å². The maximum atomic E-state index is 11.7. The number of unbranched alkanes of at least 4 members (excludes halogenated alkanes) is 1. The van der Waals surface area contributed by atoms with Crippen LogP contribution >= 0.6 is 0 Å². The number of amides is 1. The normalized spacial score (nSPS) is 13.9. The lowest BCUT2D eigenvalue weighted by atomic mass is 10.2. The first-order valence-electron chi connectivity index (χ1n) is 6.78. The van der Waals surface area contributed by atoms with Gasteiger partial charge in [-0.2, -0.15) is 0 Å². The minimum absolute atomic E-state index is 0.0678. The summed E-state index contributed by atoms with van der Waals surface area (Å²) in [6.07, 6.45) is 3.84. The monoisotopic (exact) mass is 261 g/mol. The SMILES string of the molecule is CCCCOC(=O)c1ccc(NC(=O)C2CC2)cc1. The lowest BCUT2D eigenvalue weighted by molar-refractivity contribution is -0.117. The Bertz CT molecular complexity index is 449. The van der Waals surface area contributed by atoms with Gasteiger partial charge in [0.15, 0.2) is 0 Å². The molecular formula is C15H19NO3. The summed E-state index contributed by atoms with van der Waals surface area (Å²) in [6.45, 7) is 2.50. The second kappa shape index (κ2) is 6.36. The van der Waals surface area contributed by atoms with E-state index in [4.69, 9.17) is 4.74 Å². The molecular weight excluding hydrogens is 242 g/mol. The van der Waals surface area contributed by atoms with Gasteiger partial charge < -0.3 is 10.1 Å². The number of carbonyl (C=O) groups is 2. The predicted octanol–water partition coefficient (Wildman–Crippen LogP) is 2.99. The smallest absolute Gasteiger partial charge is 0.338 e. The summed E-state index contributed by atoms with van der Waals surface area (Å²) in [5.41, 5.74) is 1.24. The van der Waals surface area contributed by atoms with E-state index in [1.807, 2.05) is 6.92 Å². The Morgan fingerprint density at radius 2 is 1.95 bits per heavy atom. The van der Waals surface area contributed by atoms with Crippen LogP contribution in [0.15, 0.2) is 24.3 Å². The van der Waals surface area contributed by atoms with Crippen LogP contribution in [0.1, 0.15) is 43.0 Å². The van der Waals surface area contributed by atoms with Crippen LogP contribution in [0.4, 0.5) is 5.69 Å². The molecule has 0 unspecified atom stereocenters. The molecule has 1 aliphatic carbocycles. The van der Waals surface area contributed by atoms with Gasteiger partial charge in [0, 0.05) is 11.6 Å². The maximum absolute atomic E-state index is 11.7. The summed E-state index contributed by atoms with van der Waals surface area (Å²) < 4.78 is 5.11. The molecule has 1 N–H and O–H groups in total. The van der Waals surface area contributed by atoms with Crippen molar-refractivity contribution in [2.45, 2.75) is 32.6 Å². The number of ether oxygens (including phenoxy) is 1. The third-order valence-electron chi connectivity index (χ3n) is 3.07. The first kappa shape index (κ1) is 13.6. The molecule has 0 aromatic heterocycles. The Morgan fingerprint density at radius 3 is 2.53 bits per heavy atom. The number of nitrogens with one attached hydrogen (secondary N) is 1. The Morgan fingerprint density at radius 1 is 1.26 bits per heavy atom. The van der Waals surface area contributed by atoms with Crippen LogP contribution < -0.4 is 5.32 Å². The van der Waals surface area contributed by atoms with Gasteiger partial charge in [-0.1, -0.05) is 13.3 Å². The molecule has 1 aromatic rings. The number of rotatable bonds is 6. The summed E-state index contributed by atoms with van der Waals surface area (Å²) >= 11 is 0. The fourth-order valence-corrected chi connectivity index (χ4v) is 1.67. The van der Waals surface area contributed by atoms with Crippen molar-refractivity contribution in [2.75, 3.05) is 11.9 Å². The highest BCUT2D eigenvalue weighted by atomic mass is 16.5. The molecule has 0 aliphatic heterocycles. The molecule has 0 atom stereocenters. The Hall–Kier alpha value is -1.84. The van der Waals surface area contributed by atoms with E-state index >= 15 is 0 Å². The van der Waals surface area contributed by atoms with Crippen molar-refractivity contribution in [3.63, 3.8) is 0 Å². The van der Waals surface area contributed by atoms with E-state index < -0.39 is 0 Å². The van der Waals surface area contributed by atoms with Crippen LogP contribution in [0.5, 0.6) is 0 Å². The number of benzene rings is 1. The molecule has 1 amide bonds. The highest BCUT2D eigenvalue weighted by Gasteiger charge is 2.29. The molecule has 0 spiro atoms. The standard InChI is InChI=1S/C15H19NO3/c1-2-3-10-19-15(18)12-6-8-13(9-7-12)16-14(17)11-4-5-11/h6-9,11H,2-5,10H2,1H3,(H,16,17). The van der Waals surface area contributed by atoms with E-state index in [0.29, 0.717) is 12.2 Å². The molecule has 4 heteroatoms. The van der Waals surface area contributed by atoms with Crippen LogP contribution in [0.3, 0.4) is 0 Å². The van der Waals surface area contributed by atoms with Gasteiger partial charge in [-0.25, -0.2) is 4.79 Å². The summed E-state index contributed by atoms with van der Waals surface area (Å²) in [4.78, 5) is 23.2. The summed E-state index contributed by atoms with van der Waals surface area (Å²) in [5.74, 6) is -0.0644. The zero-order valence-electron chi connectivity index (χ0n) is 11.1. The molecule has 102 valence electrons. The van der Waals surface area contributed by atoms with Crippen molar-refractivity contribution in [2.24, 2.45) is 5.92 Å². The summed E-state index contributed by atoms with van der Waals surface area (Å²) in [7, 11) is 0. The van der Waals surface area contributed by atoms with Gasteiger partial charge >= 0.3 is 5.97 Å². The lowest BCUT2D eigenvalue weighted by Crippen LogP contribution is -2.13. The summed E-state index contributed by atoms with van der Waals surface area (Å²) in [5, 5.41) is 2.83. The van der Waals surface area contributed by atoms with Crippen LogP contribution in [0, 0.1) is 5.92 Å². The zero-order chi connectivity index (χ0) is 13.7. The average Bonchev–Trinajstić information content (AvgIpc) is 3.24. The second-order valence-corrected chi connectivity index (χ2v) is 4.83. The van der Waals surface area contributed by atoms with E-state index in [9.17, 15) is 9.59 Å². The molecule has 0 bridgehead atoms. The van der Waals surface area contributed by atoms with Gasteiger partial charge in [-0.3, -0.25) is 4.79 Å². The van der Waals surface area contributed by atoms with Gasteiger partial charge in [0.1, 0.15) is 0 Å². The Kier molecular flexibility index (Phi) is 4.55. The number of anilines is 1. The zero-order valence-corrected chi connectivity index (χ0v) is 11.1. The van der Waals surface area contributed by atoms with Crippen LogP contribution in [0.2, 0.25) is 0 Å². The molecule has 1 aromatic carbocycles. The number of esters is 1. The largest absolute Gasteiger partial charge is 0.462 e. The van der Waals surface area contributed by atoms with E-state index in [1.165, 1.54) is 0 Å². The molecule has 19 heavy (non-hydrogen) atoms. The van der Waals surface area contributed by atoms with Gasteiger partial charge in [-0.05, 0) is 43.5 Å². The molecule has 0 radical (unpaired) electrons. The minimum atomic E-state index is -0.312. The Balaban J connectivity index is 1.86. The number of hydrogen-bond donors (Lipinski definition) is 1. The highest BCUT2D eigenvalue weighted by Crippen LogP contribution is 2.30. The van der Waals surface area contributed by atoms with Crippen molar-refractivity contribution in [1.82, 2.24) is 0 Å². The third kappa shape index (κ3) is 4.09. The topological polar surface area (TPSA) is 55.4 Å². The molecule has 0 heterocycles. The van der Waals surface area contributed by atoms with Gasteiger partial charge in [-0.15, -0.1) is 0 Å². The van der Waals surface area contributed by atoms with E-state index in [-0.39, 0.29) is 17.8 Å². The van der Waals surface area contributed by atoms with Crippen molar-refractivity contribution in [3.05, 3.63) is 29.8 Å². The first-order chi connectivity index (χ1) is 9.20. The van der Waals surface area contributed by atoms with Gasteiger partial charge in [0.05, 0.1) is 12.2 Å². The average molecular weight is 261 g/mol. The van der Waals surface area contributed by atoms with Gasteiger partial charge in [0.2, 0.25) is 5.91 Å². The Labute approximate surface area is 113 Å². The molecule has 1 aliphatic rings. The maximum Gasteiger partial charge on any atom is 0.338 e. The van der Waals surface area contributed by atoms with Crippen molar-refractivity contribution >= 4 is 17.6 Å². The molecule has 1 fully saturated rings. The third-order valence-corrected chi connectivity index (χ3v) is 3.07. The highest BCUT2D eigenvalue weighted by molar-refractivity contribution is 5.95. The fraction of sp³-hybridized carbons (Fsp3) is 0.467. The van der Waals surface area contributed by atoms with E-state index in [2.05, 4.69) is 5.32 Å². The second-order valence-electron chi connectivity index (χ2n) is 4.83. The van der Waals surface area contributed by atoms with E-state index in [1.54, 1.807) is 24.3 Å². The number of carbonyl (C=O) groups excluding carboxylic acids is 2. The van der Waals surface area contributed by atoms with Crippen LogP contribution in [0.25, 0.3) is 0 Å². The molecule has 4 nitrogen and oxygen atoms in total. The van der Waals surface area contributed by atoms with Crippen molar-refractivity contribution < 1.29 is 14.3 Å². The van der Waals surface area contributed by atoms with Crippen LogP contribution in [-0.2, 0) is 9.53 Å². The minimum Gasteiger partial charge on any atom is -0.462 e. The van der Waals surface area contributed by atoms with Crippen LogP contribution in [-0.4, -0.2) is 18.5 Å². The molecule has 0 saturated heterocycles. The summed E-state index contributed by atoms with van der Waals surface area (Å²) in [6, 6.07) is 6.82.